The van der Waals surface area contributed by atoms with Crippen molar-refractivity contribution in [1.29, 1.82) is 0 Å². The SMILES string of the molecule is COC(C)c1ccc(N2CCCC2)cc1. The Bertz CT molecular complexity index is 301. The molecule has 2 nitrogen and oxygen atoms in total. The molecule has 1 fully saturated rings. The van der Waals surface area contributed by atoms with Crippen LogP contribution in [-0.4, -0.2) is 20.2 Å². The number of ether oxygens (including phenoxy) is 1. The van der Waals surface area contributed by atoms with Gasteiger partial charge in [-0.1, -0.05) is 12.1 Å². The van der Waals surface area contributed by atoms with Gasteiger partial charge in [-0.25, -0.2) is 0 Å². The average molecular weight is 205 g/mol. The van der Waals surface area contributed by atoms with Gasteiger partial charge in [-0.15, -0.1) is 0 Å². The smallest absolute Gasteiger partial charge is 0.0793 e. The van der Waals surface area contributed by atoms with Crippen molar-refractivity contribution in [1.82, 2.24) is 0 Å². The van der Waals surface area contributed by atoms with Crippen molar-refractivity contribution >= 4 is 5.69 Å². The lowest BCUT2D eigenvalue weighted by Crippen LogP contribution is -2.17. The molecule has 1 aromatic carbocycles. The Hall–Kier alpha value is -1.02. The van der Waals surface area contributed by atoms with E-state index in [0.29, 0.717) is 0 Å². The van der Waals surface area contributed by atoms with E-state index in [0.717, 1.165) is 0 Å². The fourth-order valence-corrected chi connectivity index (χ4v) is 2.07. The molecule has 1 aliphatic rings. The van der Waals surface area contributed by atoms with Crippen LogP contribution >= 0.6 is 0 Å². The minimum Gasteiger partial charge on any atom is -0.377 e. The molecule has 1 aromatic rings. The van der Waals surface area contributed by atoms with E-state index in [2.05, 4.69) is 36.1 Å². The zero-order valence-corrected chi connectivity index (χ0v) is 9.57. The Morgan fingerprint density at radius 2 is 1.73 bits per heavy atom. The van der Waals surface area contributed by atoms with Crippen LogP contribution in [-0.2, 0) is 4.74 Å². The van der Waals surface area contributed by atoms with Gasteiger partial charge in [-0.2, -0.15) is 0 Å². The van der Waals surface area contributed by atoms with Crippen LogP contribution in [0.25, 0.3) is 0 Å². The summed E-state index contributed by atoms with van der Waals surface area (Å²) in [7, 11) is 1.75. The lowest BCUT2D eigenvalue weighted by atomic mass is 10.1. The maximum Gasteiger partial charge on any atom is 0.0793 e. The Morgan fingerprint density at radius 1 is 1.13 bits per heavy atom. The van der Waals surface area contributed by atoms with Gasteiger partial charge in [0.1, 0.15) is 0 Å². The number of hydrogen-bond donors (Lipinski definition) is 0. The van der Waals surface area contributed by atoms with Crippen molar-refractivity contribution in [3.8, 4) is 0 Å². The van der Waals surface area contributed by atoms with Gasteiger partial charge >= 0.3 is 0 Å². The van der Waals surface area contributed by atoms with E-state index in [1.54, 1.807) is 7.11 Å². The van der Waals surface area contributed by atoms with Crippen LogP contribution in [0.3, 0.4) is 0 Å². The molecular formula is C13H19NO. The standard InChI is InChI=1S/C13H19NO/c1-11(15-2)12-5-7-13(8-6-12)14-9-3-4-10-14/h5-8,11H,3-4,9-10H2,1-2H3. The van der Waals surface area contributed by atoms with Gasteiger partial charge in [0.15, 0.2) is 0 Å². The fourth-order valence-electron chi connectivity index (χ4n) is 2.07. The molecule has 0 bridgehead atoms. The van der Waals surface area contributed by atoms with E-state index >= 15 is 0 Å². The molecule has 0 amide bonds. The summed E-state index contributed by atoms with van der Waals surface area (Å²) in [5.74, 6) is 0. The van der Waals surface area contributed by atoms with Gasteiger partial charge in [0, 0.05) is 25.9 Å². The van der Waals surface area contributed by atoms with Gasteiger partial charge in [-0.3, -0.25) is 0 Å². The highest BCUT2D eigenvalue weighted by molar-refractivity contribution is 5.48. The molecule has 1 atom stereocenters. The quantitative estimate of drug-likeness (QED) is 0.752. The summed E-state index contributed by atoms with van der Waals surface area (Å²) in [5, 5.41) is 0. The molecule has 0 spiro atoms. The van der Waals surface area contributed by atoms with E-state index in [4.69, 9.17) is 4.74 Å². The summed E-state index contributed by atoms with van der Waals surface area (Å²) in [6, 6.07) is 8.75. The van der Waals surface area contributed by atoms with Gasteiger partial charge in [0.25, 0.3) is 0 Å². The van der Waals surface area contributed by atoms with Crippen molar-refractivity contribution in [2.45, 2.75) is 25.9 Å². The number of benzene rings is 1. The highest BCUT2D eigenvalue weighted by Crippen LogP contribution is 2.23. The normalized spacial score (nSPS) is 18.1. The molecular weight excluding hydrogens is 186 g/mol. The van der Waals surface area contributed by atoms with E-state index in [-0.39, 0.29) is 6.10 Å². The highest BCUT2D eigenvalue weighted by atomic mass is 16.5. The highest BCUT2D eigenvalue weighted by Gasteiger charge is 2.12. The first-order valence-corrected chi connectivity index (χ1v) is 5.69. The van der Waals surface area contributed by atoms with E-state index in [1.165, 1.54) is 37.2 Å². The fraction of sp³-hybridized carbons (Fsp3) is 0.538. The number of methoxy groups -OCH3 is 1. The van der Waals surface area contributed by atoms with Gasteiger partial charge < -0.3 is 9.64 Å². The summed E-state index contributed by atoms with van der Waals surface area (Å²) in [5.41, 5.74) is 2.60. The molecule has 2 rings (SSSR count). The van der Waals surface area contributed by atoms with Crippen LogP contribution in [0.4, 0.5) is 5.69 Å². The number of rotatable bonds is 3. The Kier molecular flexibility index (Phi) is 3.27. The minimum absolute atomic E-state index is 0.192. The molecule has 2 heteroatoms. The molecule has 0 radical (unpaired) electrons. The molecule has 0 saturated carbocycles. The van der Waals surface area contributed by atoms with Crippen LogP contribution in [0.2, 0.25) is 0 Å². The zero-order valence-electron chi connectivity index (χ0n) is 9.57. The maximum atomic E-state index is 5.29. The van der Waals surface area contributed by atoms with Crippen LogP contribution in [0.15, 0.2) is 24.3 Å². The third-order valence-corrected chi connectivity index (χ3v) is 3.19. The monoisotopic (exact) mass is 205 g/mol. The van der Waals surface area contributed by atoms with Crippen LogP contribution < -0.4 is 4.90 Å². The molecule has 0 N–H and O–H groups in total. The molecule has 1 unspecified atom stereocenters. The van der Waals surface area contributed by atoms with Crippen molar-refractivity contribution in [2.75, 3.05) is 25.1 Å². The van der Waals surface area contributed by atoms with E-state index in [1.807, 2.05) is 0 Å². The Labute approximate surface area is 91.9 Å². The first-order chi connectivity index (χ1) is 7.31. The number of hydrogen-bond acceptors (Lipinski definition) is 2. The van der Waals surface area contributed by atoms with Gasteiger partial charge in [-0.05, 0) is 37.5 Å². The Balaban J connectivity index is 2.09. The van der Waals surface area contributed by atoms with Crippen molar-refractivity contribution in [3.63, 3.8) is 0 Å². The third-order valence-electron chi connectivity index (χ3n) is 3.19. The molecule has 1 aliphatic heterocycles. The summed E-state index contributed by atoms with van der Waals surface area (Å²) in [4.78, 5) is 2.45. The van der Waals surface area contributed by atoms with Crippen LogP contribution in [0.5, 0.6) is 0 Å². The first-order valence-electron chi connectivity index (χ1n) is 5.69. The molecule has 15 heavy (non-hydrogen) atoms. The predicted molar refractivity (Wildman–Crippen MR) is 63.3 cm³/mol. The third kappa shape index (κ3) is 2.32. The van der Waals surface area contributed by atoms with Gasteiger partial charge in [0.05, 0.1) is 6.10 Å². The van der Waals surface area contributed by atoms with Crippen LogP contribution in [0.1, 0.15) is 31.4 Å². The van der Waals surface area contributed by atoms with E-state index in [9.17, 15) is 0 Å². The summed E-state index contributed by atoms with van der Waals surface area (Å²) >= 11 is 0. The largest absolute Gasteiger partial charge is 0.377 e. The molecule has 1 heterocycles. The second-order valence-corrected chi connectivity index (χ2v) is 4.16. The first kappa shape index (κ1) is 10.5. The second-order valence-electron chi connectivity index (χ2n) is 4.16. The zero-order chi connectivity index (χ0) is 10.7. The minimum atomic E-state index is 0.192. The van der Waals surface area contributed by atoms with Crippen molar-refractivity contribution in [2.24, 2.45) is 0 Å². The number of nitrogens with zero attached hydrogens (tertiary/aromatic N) is 1. The summed E-state index contributed by atoms with van der Waals surface area (Å²) in [6.07, 6.45) is 2.85. The topological polar surface area (TPSA) is 12.5 Å². The number of anilines is 1. The summed E-state index contributed by atoms with van der Waals surface area (Å²) < 4.78 is 5.29. The second kappa shape index (κ2) is 4.67. The molecule has 82 valence electrons. The summed E-state index contributed by atoms with van der Waals surface area (Å²) in [6.45, 7) is 4.49. The lowest BCUT2D eigenvalue weighted by molar-refractivity contribution is 0.119. The van der Waals surface area contributed by atoms with Crippen molar-refractivity contribution in [3.05, 3.63) is 29.8 Å². The molecule has 0 aromatic heterocycles. The van der Waals surface area contributed by atoms with E-state index < -0.39 is 0 Å². The average Bonchev–Trinajstić information content (AvgIpc) is 2.82. The lowest BCUT2D eigenvalue weighted by Gasteiger charge is -2.18. The predicted octanol–water partition coefficient (Wildman–Crippen LogP) is 2.99. The van der Waals surface area contributed by atoms with Crippen LogP contribution in [0, 0.1) is 0 Å². The van der Waals surface area contributed by atoms with Crippen molar-refractivity contribution < 1.29 is 4.74 Å². The molecule has 0 aliphatic carbocycles. The Morgan fingerprint density at radius 3 is 2.27 bits per heavy atom. The molecule has 1 saturated heterocycles. The maximum absolute atomic E-state index is 5.29. The van der Waals surface area contributed by atoms with Gasteiger partial charge in [0.2, 0.25) is 0 Å².